The lowest BCUT2D eigenvalue weighted by atomic mass is 10.2. The third kappa shape index (κ3) is 2.21. The van der Waals surface area contributed by atoms with Gasteiger partial charge in [-0.1, -0.05) is 0 Å². The fraction of sp³-hybridized carbons (Fsp3) is 0.182. The van der Waals surface area contributed by atoms with Crippen molar-refractivity contribution in [3.63, 3.8) is 0 Å². The molecule has 0 saturated carbocycles. The first kappa shape index (κ1) is 12.6. The molecule has 6 nitrogen and oxygen atoms in total. The van der Waals surface area contributed by atoms with Crippen LogP contribution < -0.4 is 15.0 Å². The number of rotatable bonds is 2. The van der Waals surface area contributed by atoms with Crippen LogP contribution in [0.2, 0.25) is 0 Å². The van der Waals surface area contributed by atoms with E-state index in [1.807, 2.05) is 0 Å². The molecule has 0 spiro atoms. The number of hydrogen-bond acceptors (Lipinski definition) is 4. The standard InChI is InChI=1S/C11H9BrN2O4/c1-18-8-3-2-6(4-7(8)12)14-10(16)5-9(15)13-11(14)17/h2-4H,5H2,1H3,(H,13,15,17). The second-order valence-electron chi connectivity index (χ2n) is 3.58. The highest BCUT2D eigenvalue weighted by Crippen LogP contribution is 2.30. The number of ether oxygens (including phenoxy) is 1. The van der Waals surface area contributed by atoms with E-state index >= 15 is 0 Å². The Morgan fingerprint density at radius 3 is 2.61 bits per heavy atom. The molecule has 1 aromatic carbocycles. The fourth-order valence-corrected chi connectivity index (χ4v) is 2.13. The topological polar surface area (TPSA) is 75.7 Å². The molecule has 1 aromatic rings. The van der Waals surface area contributed by atoms with Crippen LogP contribution >= 0.6 is 15.9 Å². The molecule has 1 fully saturated rings. The Hall–Kier alpha value is -1.89. The Morgan fingerprint density at radius 2 is 2.06 bits per heavy atom. The first-order valence-corrected chi connectivity index (χ1v) is 5.82. The minimum atomic E-state index is -0.742. The Labute approximate surface area is 111 Å². The van der Waals surface area contributed by atoms with Gasteiger partial charge in [0.15, 0.2) is 0 Å². The molecule has 4 amide bonds. The van der Waals surface area contributed by atoms with Crippen molar-refractivity contribution >= 4 is 39.5 Å². The summed E-state index contributed by atoms with van der Waals surface area (Å²) in [6, 6.07) is 4.02. The van der Waals surface area contributed by atoms with Gasteiger partial charge in [0.05, 0.1) is 17.3 Å². The first-order valence-electron chi connectivity index (χ1n) is 5.03. The van der Waals surface area contributed by atoms with Crippen LogP contribution in [0.1, 0.15) is 6.42 Å². The number of methoxy groups -OCH3 is 1. The van der Waals surface area contributed by atoms with Gasteiger partial charge < -0.3 is 4.74 Å². The summed E-state index contributed by atoms with van der Waals surface area (Å²) in [5.41, 5.74) is 0.373. The van der Waals surface area contributed by atoms with Gasteiger partial charge in [-0.3, -0.25) is 14.9 Å². The second-order valence-corrected chi connectivity index (χ2v) is 4.43. The summed E-state index contributed by atoms with van der Waals surface area (Å²) in [5, 5.41) is 2.09. The molecule has 1 N–H and O–H groups in total. The van der Waals surface area contributed by atoms with Crippen LogP contribution in [0.15, 0.2) is 22.7 Å². The molecule has 94 valence electrons. The van der Waals surface area contributed by atoms with Gasteiger partial charge in [0, 0.05) is 0 Å². The Kier molecular flexibility index (Phi) is 3.33. The van der Waals surface area contributed by atoms with Crippen molar-refractivity contribution in [1.82, 2.24) is 5.32 Å². The Morgan fingerprint density at radius 1 is 1.33 bits per heavy atom. The number of carbonyl (C=O) groups excluding carboxylic acids is 3. The highest BCUT2D eigenvalue weighted by molar-refractivity contribution is 9.10. The van der Waals surface area contributed by atoms with Crippen molar-refractivity contribution in [3.8, 4) is 5.75 Å². The molecule has 2 rings (SSSR count). The van der Waals surface area contributed by atoms with Crippen LogP contribution in [0.25, 0.3) is 0 Å². The van der Waals surface area contributed by atoms with E-state index in [1.54, 1.807) is 18.2 Å². The van der Waals surface area contributed by atoms with Crippen molar-refractivity contribution in [2.45, 2.75) is 6.42 Å². The van der Waals surface area contributed by atoms with Crippen LogP contribution in [0.4, 0.5) is 10.5 Å². The van der Waals surface area contributed by atoms with Crippen LogP contribution in [0.5, 0.6) is 5.75 Å². The molecule has 0 aromatic heterocycles. The summed E-state index contributed by atoms with van der Waals surface area (Å²) in [5.74, 6) is -0.561. The number of hydrogen-bond donors (Lipinski definition) is 1. The van der Waals surface area contributed by atoms with Gasteiger partial charge in [-0.05, 0) is 34.1 Å². The molecule has 0 bridgehead atoms. The molecule has 1 saturated heterocycles. The summed E-state index contributed by atoms with van der Waals surface area (Å²) in [6.45, 7) is 0. The van der Waals surface area contributed by atoms with E-state index in [2.05, 4.69) is 21.2 Å². The predicted octanol–water partition coefficient (Wildman–Crippen LogP) is 1.43. The Bertz CT molecular complexity index is 524. The highest BCUT2D eigenvalue weighted by atomic mass is 79.9. The molecule has 0 aliphatic carbocycles. The fourth-order valence-electron chi connectivity index (χ4n) is 1.60. The lowest BCUT2D eigenvalue weighted by molar-refractivity contribution is -0.128. The number of amides is 4. The Balaban J connectivity index is 2.36. The van der Waals surface area contributed by atoms with E-state index in [-0.39, 0.29) is 6.42 Å². The summed E-state index contributed by atoms with van der Waals surface area (Å²) < 4.78 is 5.66. The maximum atomic E-state index is 11.7. The number of carbonyl (C=O) groups is 3. The molecule has 0 unspecified atom stereocenters. The van der Waals surface area contributed by atoms with E-state index < -0.39 is 17.8 Å². The highest BCUT2D eigenvalue weighted by Gasteiger charge is 2.32. The van der Waals surface area contributed by atoms with Crippen LogP contribution in [-0.4, -0.2) is 25.0 Å². The first-order chi connectivity index (χ1) is 8.52. The maximum absolute atomic E-state index is 11.7. The van der Waals surface area contributed by atoms with Crippen LogP contribution in [0, 0.1) is 0 Å². The summed E-state index contributed by atoms with van der Waals surface area (Å²) in [4.78, 5) is 35.2. The van der Waals surface area contributed by atoms with Crippen molar-refractivity contribution in [3.05, 3.63) is 22.7 Å². The van der Waals surface area contributed by atoms with E-state index in [4.69, 9.17) is 4.74 Å². The van der Waals surface area contributed by atoms with Crippen molar-refractivity contribution in [2.75, 3.05) is 12.0 Å². The summed E-state index contributed by atoms with van der Waals surface area (Å²) in [6.07, 6.45) is -0.338. The van der Waals surface area contributed by atoms with Gasteiger partial charge in [-0.25, -0.2) is 9.69 Å². The molecule has 0 radical (unpaired) electrons. The van der Waals surface area contributed by atoms with Gasteiger partial charge in [0.1, 0.15) is 12.2 Å². The molecule has 1 heterocycles. The lowest BCUT2D eigenvalue weighted by Gasteiger charge is -2.25. The number of imide groups is 2. The monoisotopic (exact) mass is 312 g/mol. The third-order valence-corrected chi connectivity index (χ3v) is 3.02. The molecule has 18 heavy (non-hydrogen) atoms. The zero-order chi connectivity index (χ0) is 13.3. The van der Waals surface area contributed by atoms with Gasteiger partial charge in [0.2, 0.25) is 11.8 Å². The summed E-state index contributed by atoms with van der Waals surface area (Å²) in [7, 11) is 1.51. The van der Waals surface area contributed by atoms with Crippen LogP contribution in [0.3, 0.4) is 0 Å². The van der Waals surface area contributed by atoms with Crippen molar-refractivity contribution in [2.24, 2.45) is 0 Å². The van der Waals surface area contributed by atoms with E-state index in [1.165, 1.54) is 7.11 Å². The van der Waals surface area contributed by atoms with Crippen molar-refractivity contribution < 1.29 is 19.1 Å². The second kappa shape index (κ2) is 4.77. The van der Waals surface area contributed by atoms with Gasteiger partial charge >= 0.3 is 6.03 Å². The van der Waals surface area contributed by atoms with Gasteiger partial charge in [-0.2, -0.15) is 0 Å². The average Bonchev–Trinajstić information content (AvgIpc) is 2.27. The number of benzene rings is 1. The average molecular weight is 313 g/mol. The molecule has 1 aliphatic rings. The molecule has 7 heteroatoms. The number of halogens is 1. The SMILES string of the molecule is COc1ccc(N2C(=O)CC(=O)NC2=O)cc1Br. The minimum Gasteiger partial charge on any atom is -0.496 e. The smallest absolute Gasteiger partial charge is 0.335 e. The normalized spacial score (nSPS) is 15.7. The largest absolute Gasteiger partial charge is 0.496 e. The third-order valence-electron chi connectivity index (χ3n) is 2.40. The van der Waals surface area contributed by atoms with Gasteiger partial charge in [0.25, 0.3) is 0 Å². The van der Waals surface area contributed by atoms with Crippen molar-refractivity contribution in [1.29, 1.82) is 0 Å². The zero-order valence-corrected chi connectivity index (χ0v) is 11.0. The molecule has 0 atom stereocenters. The number of nitrogens with zero attached hydrogens (tertiary/aromatic N) is 1. The quantitative estimate of drug-likeness (QED) is 0.838. The lowest BCUT2D eigenvalue weighted by Crippen LogP contribution is -2.52. The minimum absolute atomic E-state index is 0.338. The van der Waals surface area contributed by atoms with E-state index in [9.17, 15) is 14.4 Å². The molecular formula is C11H9BrN2O4. The maximum Gasteiger partial charge on any atom is 0.335 e. The predicted molar refractivity (Wildman–Crippen MR) is 66.3 cm³/mol. The van der Waals surface area contributed by atoms with Crippen LogP contribution in [-0.2, 0) is 9.59 Å². The number of nitrogens with one attached hydrogen (secondary N) is 1. The molecule has 1 aliphatic heterocycles. The van der Waals surface area contributed by atoms with Gasteiger partial charge in [-0.15, -0.1) is 0 Å². The number of urea groups is 1. The van der Waals surface area contributed by atoms with E-state index in [0.29, 0.717) is 15.9 Å². The molecular weight excluding hydrogens is 304 g/mol. The number of anilines is 1. The van der Waals surface area contributed by atoms with E-state index in [0.717, 1.165) is 4.90 Å². The number of barbiturate groups is 1. The zero-order valence-electron chi connectivity index (χ0n) is 9.40. The summed E-state index contributed by atoms with van der Waals surface area (Å²) >= 11 is 3.26.